The maximum atomic E-state index is 12.5. The van der Waals surface area contributed by atoms with Crippen molar-refractivity contribution in [1.82, 2.24) is 4.90 Å². The van der Waals surface area contributed by atoms with Crippen molar-refractivity contribution in [2.45, 2.75) is 51.4 Å². The summed E-state index contributed by atoms with van der Waals surface area (Å²) >= 11 is 0. The summed E-state index contributed by atoms with van der Waals surface area (Å²) in [7, 11) is 1.96. The van der Waals surface area contributed by atoms with Gasteiger partial charge in [-0.25, -0.2) is 0 Å². The summed E-state index contributed by atoms with van der Waals surface area (Å²) in [6, 6.07) is 0. The molecule has 122 valence electrons. The summed E-state index contributed by atoms with van der Waals surface area (Å²) in [5.41, 5.74) is 0.404. The van der Waals surface area contributed by atoms with Gasteiger partial charge in [-0.05, 0) is 61.7 Å². The lowest BCUT2D eigenvalue weighted by molar-refractivity contribution is -0.138. The van der Waals surface area contributed by atoms with E-state index in [-0.39, 0.29) is 17.8 Å². The minimum Gasteiger partial charge on any atom is -0.465 e. The number of cyclic esters (lactones) is 1. The molecule has 4 heteroatoms. The van der Waals surface area contributed by atoms with Gasteiger partial charge in [-0.2, -0.15) is 0 Å². The van der Waals surface area contributed by atoms with Gasteiger partial charge in [0.05, 0.1) is 13.0 Å². The predicted octanol–water partition coefficient (Wildman–Crippen LogP) is 2.61. The maximum Gasteiger partial charge on any atom is 0.306 e. The minimum atomic E-state index is -0.151. The van der Waals surface area contributed by atoms with E-state index in [1.54, 1.807) is 0 Å². The van der Waals surface area contributed by atoms with Crippen molar-refractivity contribution in [3.05, 3.63) is 0 Å². The Kier molecular flexibility index (Phi) is 3.46. The van der Waals surface area contributed by atoms with Crippen LogP contribution in [0.15, 0.2) is 0 Å². The number of carbonyl (C=O) groups is 2. The first kappa shape index (κ1) is 14.5. The summed E-state index contributed by atoms with van der Waals surface area (Å²) in [5, 5.41) is 0. The standard InChI is InChI=1S/C18H27NO3/c1-19(16(20)5-15-6-17(21)22-10-15)11-18-7-12-2-13(8-18)4-14(3-12)9-18/h12-15H,2-11H2,1H3. The van der Waals surface area contributed by atoms with E-state index in [2.05, 4.69) is 0 Å². The summed E-state index contributed by atoms with van der Waals surface area (Å²) in [5.74, 6) is 2.92. The van der Waals surface area contributed by atoms with Gasteiger partial charge < -0.3 is 9.64 Å². The van der Waals surface area contributed by atoms with Crippen molar-refractivity contribution >= 4 is 11.9 Å². The molecule has 1 saturated heterocycles. The first-order valence-electron chi connectivity index (χ1n) is 8.91. The normalized spacial score (nSPS) is 42.5. The first-order valence-corrected chi connectivity index (χ1v) is 8.91. The molecular formula is C18H27NO3. The van der Waals surface area contributed by atoms with Gasteiger partial charge in [-0.1, -0.05) is 0 Å². The second-order valence-electron chi connectivity index (χ2n) is 8.62. The molecule has 4 nitrogen and oxygen atoms in total. The smallest absolute Gasteiger partial charge is 0.306 e. The van der Waals surface area contributed by atoms with Crippen molar-refractivity contribution in [3.63, 3.8) is 0 Å². The van der Waals surface area contributed by atoms with Crippen molar-refractivity contribution in [2.24, 2.45) is 29.1 Å². The number of esters is 1. The van der Waals surface area contributed by atoms with Gasteiger partial charge >= 0.3 is 5.97 Å². The zero-order valence-corrected chi connectivity index (χ0v) is 13.6. The lowest BCUT2D eigenvalue weighted by Gasteiger charge is -2.57. The van der Waals surface area contributed by atoms with E-state index in [1.807, 2.05) is 11.9 Å². The largest absolute Gasteiger partial charge is 0.465 e. The molecule has 22 heavy (non-hydrogen) atoms. The van der Waals surface area contributed by atoms with E-state index in [0.717, 1.165) is 24.3 Å². The summed E-state index contributed by atoms with van der Waals surface area (Å²) < 4.78 is 4.97. The maximum absolute atomic E-state index is 12.5. The number of carbonyl (C=O) groups excluding carboxylic acids is 2. The Bertz CT molecular complexity index is 451. The van der Waals surface area contributed by atoms with E-state index in [4.69, 9.17) is 4.74 Å². The monoisotopic (exact) mass is 305 g/mol. The van der Waals surface area contributed by atoms with Crippen molar-refractivity contribution < 1.29 is 14.3 Å². The molecule has 1 aliphatic heterocycles. The van der Waals surface area contributed by atoms with Gasteiger partial charge in [0.25, 0.3) is 0 Å². The molecule has 5 fully saturated rings. The molecule has 0 spiro atoms. The molecule has 0 radical (unpaired) electrons. The van der Waals surface area contributed by atoms with Gasteiger partial charge in [0.2, 0.25) is 5.91 Å². The zero-order chi connectivity index (χ0) is 15.3. The number of nitrogens with zero attached hydrogens (tertiary/aromatic N) is 1. The van der Waals surface area contributed by atoms with Crippen molar-refractivity contribution in [1.29, 1.82) is 0 Å². The molecule has 0 aromatic rings. The van der Waals surface area contributed by atoms with Crippen LogP contribution in [-0.2, 0) is 14.3 Å². The highest BCUT2D eigenvalue weighted by molar-refractivity contribution is 5.78. The predicted molar refractivity (Wildman–Crippen MR) is 81.9 cm³/mol. The number of hydrogen-bond donors (Lipinski definition) is 0. The highest BCUT2D eigenvalue weighted by atomic mass is 16.5. The second kappa shape index (κ2) is 5.24. The van der Waals surface area contributed by atoms with Crippen LogP contribution in [0.25, 0.3) is 0 Å². The Labute approximate surface area is 132 Å². The van der Waals surface area contributed by atoms with Crippen LogP contribution in [0.4, 0.5) is 0 Å². The van der Waals surface area contributed by atoms with Crippen LogP contribution in [0.5, 0.6) is 0 Å². The summed E-state index contributed by atoms with van der Waals surface area (Å²) in [6.07, 6.45) is 9.21. The fourth-order valence-corrected chi connectivity index (χ4v) is 6.17. The SMILES string of the molecule is CN(CC12CC3CC(CC(C3)C1)C2)C(=O)CC1COC(=O)C1. The molecule has 4 saturated carbocycles. The topological polar surface area (TPSA) is 46.6 Å². The highest BCUT2D eigenvalue weighted by Crippen LogP contribution is 2.60. The molecule has 1 unspecified atom stereocenters. The van der Waals surface area contributed by atoms with E-state index in [0.29, 0.717) is 24.9 Å². The third kappa shape index (κ3) is 2.65. The van der Waals surface area contributed by atoms with E-state index in [1.165, 1.54) is 38.5 Å². The van der Waals surface area contributed by atoms with Gasteiger partial charge in [-0.15, -0.1) is 0 Å². The minimum absolute atomic E-state index is 0.0961. The average molecular weight is 305 g/mol. The molecule has 4 bridgehead atoms. The Morgan fingerprint density at radius 3 is 2.27 bits per heavy atom. The van der Waals surface area contributed by atoms with Gasteiger partial charge in [0.15, 0.2) is 0 Å². The van der Waals surface area contributed by atoms with Crippen molar-refractivity contribution in [2.75, 3.05) is 20.2 Å². The first-order chi connectivity index (χ1) is 10.5. The number of rotatable bonds is 4. The quantitative estimate of drug-likeness (QED) is 0.750. The summed E-state index contributed by atoms with van der Waals surface area (Å²) in [4.78, 5) is 25.6. The average Bonchev–Trinajstić information content (AvgIpc) is 2.81. The lowest BCUT2D eigenvalue weighted by Crippen LogP contribution is -2.51. The van der Waals surface area contributed by atoms with Crippen LogP contribution in [0.3, 0.4) is 0 Å². The third-order valence-electron chi connectivity index (χ3n) is 6.56. The number of ether oxygens (including phenoxy) is 1. The van der Waals surface area contributed by atoms with Gasteiger partial charge in [0.1, 0.15) is 0 Å². The van der Waals surface area contributed by atoms with Crippen LogP contribution < -0.4 is 0 Å². The van der Waals surface area contributed by atoms with E-state index < -0.39 is 0 Å². The fourth-order valence-electron chi connectivity index (χ4n) is 6.17. The van der Waals surface area contributed by atoms with Crippen LogP contribution in [0.1, 0.15) is 51.4 Å². The van der Waals surface area contributed by atoms with Gasteiger partial charge in [0, 0.05) is 25.9 Å². The van der Waals surface area contributed by atoms with Crippen LogP contribution in [0, 0.1) is 29.1 Å². The van der Waals surface area contributed by atoms with Crippen LogP contribution in [-0.4, -0.2) is 37.0 Å². The molecule has 4 aliphatic carbocycles. The number of hydrogen-bond acceptors (Lipinski definition) is 3. The fraction of sp³-hybridized carbons (Fsp3) is 0.889. The summed E-state index contributed by atoms with van der Waals surface area (Å²) in [6.45, 7) is 1.35. The molecule has 0 aromatic heterocycles. The molecule has 0 N–H and O–H groups in total. The molecule has 5 rings (SSSR count). The second-order valence-corrected chi connectivity index (χ2v) is 8.62. The van der Waals surface area contributed by atoms with Crippen molar-refractivity contribution in [3.8, 4) is 0 Å². The van der Waals surface area contributed by atoms with Crippen LogP contribution in [0.2, 0.25) is 0 Å². The molecule has 1 heterocycles. The van der Waals surface area contributed by atoms with Crippen LogP contribution >= 0.6 is 0 Å². The molecule has 0 aromatic carbocycles. The third-order valence-corrected chi connectivity index (χ3v) is 6.56. The molecule has 1 atom stereocenters. The Hall–Kier alpha value is -1.06. The van der Waals surface area contributed by atoms with Gasteiger partial charge in [-0.3, -0.25) is 9.59 Å². The molecule has 1 amide bonds. The van der Waals surface area contributed by atoms with E-state index >= 15 is 0 Å². The lowest BCUT2D eigenvalue weighted by atomic mass is 9.49. The zero-order valence-electron chi connectivity index (χ0n) is 13.6. The molecular weight excluding hydrogens is 278 g/mol. The Balaban J connectivity index is 1.36. The Morgan fingerprint density at radius 2 is 1.77 bits per heavy atom. The number of amides is 1. The molecule has 5 aliphatic rings. The van der Waals surface area contributed by atoms with E-state index in [9.17, 15) is 9.59 Å². The highest BCUT2D eigenvalue weighted by Gasteiger charge is 2.51. The Morgan fingerprint density at radius 1 is 1.18 bits per heavy atom.